The van der Waals surface area contributed by atoms with Gasteiger partial charge in [0.15, 0.2) is 0 Å². The van der Waals surface area contributed by atoms with Crippen LogP contribution >= 0.6 is 0 Å². The van der Waals surface area contributed by atoms with Gasteiger partial charge >= 0.3 is 0 Å². The number of likely N-dealkylation sites (tertiary alicyclic amines) is 2. The second-order valence-corrected chi connectivity index (χ2v) is 6.55. The zero-order valence-corrected chi connectivity index (χ0v) is 13.3. The third-order valence-electron chi connectivity index (χ3n) is 4.90. The molecule has 0 aliphatic carbocycles. The molecule has 0 bridgehead atoms. The fourth-order valence-electron chi connectivity index (χ4n) is 3.54. The molecule has 0 aromatic heterocycles. The summed E-state index contributed by atoms with van der Waals surface area (Å²) in [5.74, 6) is 1.01. The molecule has 3 rings (SSSR count). The lowest BCUT2D eigenvalue weighted by Crippen LogP contribution is -2.43. The van der Waals surface area contributed by atoms with Crippen LogP contribution in [0.25, 0.3) is 0 Å². The number of carbonyl (C=O) groups is 1. The molecule has 2 saturated heterocycles. The Morgan fingerprint density at radius 1 is 1.05 bits per heavy atom. The van der Waals surface area contributed by atoms with Gasteiger partial charge < -0.3 is 15.1 Å². The molecule has 0 spiro atoms. The second-order valence-electron chi connectivity index (χ2n) is 6.55. The molecule has 0 saturated carbocycles. The second kappa shape index (κ2) is 7.63. The van der Waals surface area contributed by atoms with Crippen LogP contribution in [0.15, 0.2) is 30.3 Å². The zero-order chi connectivity index (χ0) is 15.2. The summed E-state index contributed by atoms with van der Waals surface area (Å²) in [5, 5.41) is 3.21. The highest BCUT2D eigenvalue weighted by atomic mass is 16.2. The zero-order valence-electron chi connectivity index (χ0n) is 13.3. The number of rotatable bonds is 5. The standard InChI is InChI=1S/C18H27N3O/c22-18(14-19-17-6-2-1-3-7-17)21-12-8-16(9-13-21)15-20-10-4-5-11-20/h1-3,6-7,16,19H,4-5,8-15H2. The summed E-state index contributed by atoms with van der Waals surface area (Å²) >= 11 is 0. The van der Waals surface area contributed by atoms with E-state index in [0.717, 1.165) is 37.5 Å². The molecular weight excluding hydrogens is 274 g/mol. The van der Waals surface area contributed by atoms with Gasteiger partial charge in [-0.25, -0.2) is 0 Å². The van der Waals surface area contributed by atoms with Crippen LogP contribution in [0.2, 0.25) is 0 Å². The SMILES string of the molecule is O=C(CNc1ccccc1)N1CCC(CN2CCCC2)CC1. The lowest BCUT2D eigenvalue weighted by Gasteiger charge is -2.34. The van der Waals surface area contributed by atoms with Crippen molar-refractivity contribution in [1.82, 2.24) is 9.80 Å². The predicted octanol–water partition coefficient (Wildman–Crippen LogP) is 2.43. The largest absolute Gasteiger partial charge is 0.376 e. The van der Waals surface area contributed by atoms with Crippen LogP contribution in [-0.4, -0.2) is 55.0 Å². The van der Waals surface area contributed by atoms with Crippen LogP contribution in [0, 0.1) is 5.92 Å². The number of hydrogen-bond acceptors (Lipinski definition) is 3. The molecule has 1 amide bonds. The Kier molecular flexibility index (Phi) is 5.33. The monoisotopic (exact) mass is 301 g/mol. The van der Waals surface area contributed by atoms with Crippen LogP contribution in [0.5, 0.6) is 0 Å². The molecule has 0 unspecified atom stereocenters. The number of benzene rings is 1. The fraction of sp³-hybridized carbons (Fsp3) is 0.611. The number of para-hydroxylation sites is 1. The normalized spacial score (nSPS) is 20.3. The molecule has 1 aromatic carbocycles. The molecule has 2 aliphatic heterocycles. The number of nitrogens with zero attached hydrogens (tertiary/aromatic N) is 2. The van der Waals surface area contributed by atoms with Gasteiger partial charge in [-0.2, -0.15) is 0 Å². The van der Waals surface area contributed by atoms with E-state index in [9.17, 15) is 4.79 Å². The van der Waals surface area contributed by atoms with Crippen molar-refractivity contribution in [1.29, 1.82) is 0 Å². The summed E-state index contributed by atoms with van der Waals surface area (Å²) < 4.78 is 0. The highest BCUT2D eigenvalue weighted by Gasteiger charge is 2.24. The highest BCUT2D eigenvalue weighted by Crippen LogP contribution is 2.20. The van der Waals surface area contributed by atoms with Crippen molar-refractivity contribution in [3.05, 3.63) is 30.3 Å². The minimum absolute atomic E-state index is 0.225. The van der Waals surface area contributed by atoms with Crippen LogP contribution in [0.3, 0.4) is 0 Å². The molecule has 120 valence electrons. The maximum Gasteiger partial charge on any atom is 0.241 e. The molecule has 22 heavy (non-hydrogen) atoms. The van der Waals surface area contributed by atoms with Gasteiger partial charge in [0.25, 0.3) is 0 Å². The molecule has 2 aliphatic rings. The molecule has 2 fully saturated rings. The number of carbonyl (C=O) groups excluding carboxylic acids is 1. The van der Waals surface area contributed by atoms with Gasteiger partial charge in [0, 0.05) is 25.3 Å². The molecule has 1 aromatic rings. The van der Waals surface area contributed by atoms with Crippen molar-refractivity contribution in [3.8, 4) is 0 Å². The third-order valence-corrected chi connectivity index (χ3v) is 4.90. The average Bonchev–Trinajstić information content (AvgIpc) is 3.07. The number of amides is 1. The smallest absolute Gasteiger partial charge is 0.241 e. The highest BCUT2D eigenvalue weighted by molar-refractivity contribution is 5.80. The first-order chi connectivity index (χ1) is 10.8. The first-order valence-corrected chi connectivity index (χ1v) is 8.60. The Morgan fingerprint density at radius 3 is 2.41 bits per heavy atom. The molecule has 2 heterocycles. The third kappa shape index (κ3) is 4.23. The summed E-state index contributed by atoms with van der Waals surface area (Å²) in [6.45, 7) is 6.05. The summed E-state index contributed by atoms with van der Waals surface area (Å²) in [6, 6.07) is 9.94. The molecule has 0 radical (unpaired) electrons. The van der Waals surface area contributed by atoms with E-state index in [1.807, 2.05) is 35.2 Å². The topological polar surface area (TPSA) is 35.6 Å². The van der Waals surface area contributed by atoms with Crippen molar-refractivity contribution in [2.45, 2.75) is 25.7 Å². The Hall–Kier alpha value is -1.55. The number of anilines is 1. The van der Waals surface area contributed by atoms with Gasteiger partial charge in [-0.1, -0.05) is 18.2 Å². The summed E-state index contributed by atoms with van der Waals surface area (Å²) in [5.41, 5.74) is 1.01. The van der Waals surface area contributed by atoms with Crippen molar-refractivity contribution < 1.29 is 4.79 Å². The van der Waals surface area contributed by atoms with Gasteiger partial charge in [0.05, 0.1) is 6.54 Å². The van der Waals surface area contributed by atoms with Crippen molar-refractivity contribution >= 4 is 11.6 Å². The van der Waals surface area contributed by atoms with E-state index < -0.39 is 0 Å². The van der Waals surface area contributed by atoms with Crippen LogP contribution in [0.1, 0.15) is 25.7 Å². The van der Waals surface area contributed by atoms with Gasteiger partial charge in [0.2, 0.25) is 5.91 Å². The van der Waals surface area contributed by atoms with E-state index in [2.05, 4.69) is 10.2 Å². The number of piperidine rings is 1. The van der Waals surface area contributed by atoms with E-state index in [1.54, 1.807) is 0 Å². The van der Waals surface area contributed by atoms with E-state index in [-0.39, 0.29) is 5.91 Å². The van der Waals surface area contributed by atoms with E-state index >= 15 is 0 Å². The van der Waals surface area contributed by atoms with Gasteiger partial charge in [-0.05, 0) is 56.8 Å². The summed E-state index contributed by atoms with van der Waals surface area (Å²) in [6.07, 6.45) is 5.05. The quantitative estimate of drug-likeness (QED) is 0.907. The lowest BCUT2D eigenvalue weighted by atomic mass is 9.96. The molecule has 4 nitrogen and oxygen atoms in total. The summed E-state index contributed by atoms with van der Waals surface area (Å²) in [7, 11) is 0. The Morgan fingerprint density at radius 2 is 1.73 bits per heavy atom. The van der Waals surface area contributed by atoms with Crippen LogP contribution in [-0.2, 0) is 4.79 Å². The maximum absolute atomic E-state index is 12.3. The molecule has 0 atom stereocenters. The average molecular weight is 301 g/mol. The fourth-order valence-corrected chi connectivity index (χ4v) is 3.54. The minimum atomic E-state index is 0.225. The van der Waals surface area contributed by atoms with E-state index in [1.165, 1.54) is 32.5 Å². The number of nitrogens with one attached hydrogen (secondary N) is 1. The first kappa shape index (κ1) is 15.3. The van der Waals surface area contributed by atoms with Gasteiger partial charge in [0.1, 0.15) is 0 Å². The van der Waals surface area contributed by atoms with Crippen molar-refractivity contribution in [3.63, 3.8) is 0 Å². The Labute approximate surface area is 133 Å². The van der Waals surface area contributed by atoms with E-state index in [4.69, 9.17) is 0 Å². The maximum atomic E-state index is 12.3. The van der Waals surface area contributed by atoms with Crippen molar-refractivity contribution in [2.24, 2.45) is 5.92 Å². The van der Waals surface area contributed by atoms with Gasteiger partial charge in [-0.3, -0.25) is 4.79 Å². The summed E-state index contributed by atoms with van der Waals surface area (Å²) in [4.78, 5) is 16.9. The molecule has 4 heteroatoms. The van der Waals surface area contributed by atoms with Crippen LogP contribution < -0.4 is 5.32 Å². The van der Waals surface area contributed by atoms with Crippen LogP contribution in [0.4, 0.5) is 5.69 Å². The Balaban J connectivity index is 1.38. The first-order valence-electron chi connectivity index (χ1n) is 8.60. The molecular formula is C18H27N3O. The Bertz CT molecular complexity index is 462. The number of hydrogen-bond donors (Lipinski definition) is 1. The lowest BCUT2D eigenvalue weighted by molar-refractivity contribution is -0.130. The van der Waals surface area contributed by atoms with Gasteiger partial charge in [-0.15, -0.1) is 0 Å². The van der Waals surface area contributed by atoms with Crippen molar-refractivity contribution in [2.75, 3.05) is 44.6 Å². The van der Waals surface area contributed by atoms with E-state index in [0.29, 0.717) is 6.54 Å². The minimum Gasteiger partial charge on any atom is -0.376 e. The predicted molar refractivity (Wildman–Crippen MR) is 89.9 cm³/mol. The molecule has 1 N–H and O–H groups in total.